The van der Waals surface area contributed by atoms with Crippen molar-refractivity contribution in [2.24, 2.45) is 0 Å². The Kier molecular flexibility index (Phi) is 3.74. The molecule has 0 spiro atoms. The van der Waals surface area contributed by atoms with E-state index < -0.39 is 0 Å². The summed E-state index contributed by atoms with van der Waals surface area (Å²) in [5, 5.41) is 13.9. The maximum atomic E-state index is 5.83. The van der Waals surface area contributed by atoms with E-state index in [1.165, 1.54) is 0 Å². The molecular formula is C11H12ClN3S. The summed E-state index contributed by atoms with van der Waals surface area (Å²) in [6.45, 7) is 3.05. The first-order chi connectivity index (χ1) is 7.79. The number of nitrogens with one attached hydrogen (secondary N) is 1. The maximum Gasteiger partial charge on any atom is 0.206 e. The SMILES string of the molecule is CCCNc1nnc(-c2ccc(Cl)cc2)s1. The van der Waals surface area contributed by atoms with Gasteiger partial charge in [-0.05, 0) is 18.6 Å². The first-order valence-corrected chi connectivity index (χ1v) is 6.32. The van der Waals surface area contributed by atoms with Crippen LogP contribution in [-0.2, 0) is 0 Å². The third kappa shape index (κ3) is 2.71. The van der Waals surface area contributed by atoms with Crippen molar-refractivity contribution in [3.8, 4) is 10.6 Å². The lowest BCUT2D eigenvalue weighted by atomic mass is 10.2. The summed E-state index contributed by atoms with van der Waals surface area (Å²) in [6, 6.07) is 7.62. The highest BCUT2D eigenvalue weighted by molar-refractivity contribution is 7.18. The molecule has 0 bridgehead atoms. The fraction of sp³-hybridized carbons (Fsp3) is 0.273. The molecule has 0 radical (unpaired) electrons. The van der Waals surface area contributed by atoms with Gasteiger partial charge in [0.2, 0.25) is 5.13 Å². The quantitative estimate of drug-likeness (QED) is 0.903. The van der Waals surface area contributed by atoms with Crippen LogP contribution in [0, 0.1) is 0 Å². The first kappa shape index (κ1) is 11.4. The highest BCUT2D eigenvalue weighted by atomic mass is 35.5. The summed E-state index contributed by atoms with van der Waals surface area (Å²) < 4.78 is 0. The van der Waals surface area contributed by atoms with Crippen molar-refractivity contribution in [1.29, 1.82) is 0 Å². The minimum Gasteiger partial charge on any atom is -0.360 e. The molecule has 1 aromatic carbocycles. The molecule has 84 valence electrons. The van der Waals surface area contributed by atoms with E-state index >= 15 is 0 Å². The van der Waals surface area contributed by atoms with E-state index in [0.29, 0.717) is 0 Å². The summed E-state index contributed by atoms with van der Waals surface area (Å²) in [5.74, 6) is 0. The van der Waals surface area contributed by atoms with Gasteiger partial charge in [0.1, 0.15) is 5.01 Å². The number of hydrogen-bond acceptors (Lipinski definition) is 4. The van der Waals surface area contributed by atoms with Gasteiger partial charge in [0, 0.05) is 17.1 Å². The van der Waals surface area contributed by atoms with E-state index in [-0.39, 0.29) is 0 Å². The molecule has 0 atom stereocenters. The molecule has 0 aliphatic rings. The topological polar surface area (TPSA) is 37.8 Å². The fourth-order valence-corrected chi connectivity index (χ4v) is 2.14. The Bertz CT molecular complexity index is 453. The smallest absolute Gasteiger partial charge is 0.206 e. The fourth-order valence-electron chi connectivity index (χ4n) is 1.24. The van der Waals surface area contributed by atoms with Crippen LogP contribution in [0.1, 0.15) is 13.3 Å². The van der Waals surface area contributed by atoms with Crippen LogP contribution in [0.25, 0.3) is 10.6 Å². The average Bonchev–Trinajstić information content (AvgIpc) is 2.76. The van der Waals surface area contributed by atoms with Crippen LogP contribution in [0.2, 0.25) is 5.02 Å². The van der Waals surface area contributed by atoms with Crippen LogP contribution in [0.15, 0.2) is 24.3 Å². The molecule has 1 heterocycles. The molecule has 16 heavy (non-hydrogen) atoms. The molecule has 1 aromatic heterocycles. The van der Waals surface area contributed by atoms with E-state index in [9.17, 15) is 0 Å². The van der Waals surface area contributed by atoms with Crippen molar-refractivity contribution in [3.63, 3.8) is 0 Å². The van der Waals surface area contributed by atoms with Gasteiger partial charge in [0.15, 0.2) is 0 Å². The van der Waals surface area contributed by atoms with Gasteiger partial charge in [0.25, 0.3) is 0 Å². The summed E-state index contributed by atoms with van der Waals surface area (Å²) in [6.07, 6.45) is 1.08. The van der Waals surface area contributed by atoms with E-state index in [2.05, 4.69) is 22.4 Å². The first-order valence-electron chi connectivity index (χ1n) is 5.13. The van der Waals surface area contributed by atoms with Crippen LogP contribution in [0.3, 0.4) is 0 Å². The van der Waals surface area contributed by atoms with Crippen molar-refractivity contribution in [3.05, 3.63) is 29.3 Å². The molecule has 0 aliphatic heterocycles. The number of benzene rings is 1. The van der Waals surface area contributed by atoms with E-state index in [1.807, 2.05) is 24.3 Å². The Morgan fingerprint density at radius 2 is 2.00 bits per heavy atom. The molecule has 0 aliphatic carbocycles. The predicted octanol–water partition coefficient (Wildman–Crippen LogP) is 3.68. The summed E-state index contributed by atoms with van der Waals surface area (Å²) in [7, 11) is 0. The average molecular weight is 254 g/mol. The summed E-state index contributed by atoms with van der Waals surface area (Å²) in [5.41, 5.74) is 1.05. The van der Waals surface area contributed by atoms with Gasteiger partial charge < -0.3 is 5.32 Å². The summed E-state index contributed by atoms with van der Waals surface area (Å²) >= 11 is 7.38. The molecule has 3 nitrogen and oxygen atoms in total. The van der Waals surface area contributed by atoms with Crippen LogP contribution in [-0.4, -0.2) is 16.7 Å². The lowest BCUT2D eigenvalue weighted by Gasteiger charge is -1.96. The summed E-state index contributed by atoms with van der Waals surface area (Å²) in [4.78, 5) is 0. The largest absolute Gasteiger partial charge is 0.360 e. The molecule has 0 unspecified atom stereocenters. The Balaban J connectivity index is 2.15. The molecule has 0 fully saturated rings. The van der Waals surface area contributed by atoms with Gasteiger partial charge in [-0.15, -0.1) is 10.2 Å². The highest BCUT2D eigenvalue weighted by Crippen LogP contribution is 2.27. The predicted molar refractivity (Wildman–Crippen MR) is 69.1 cm³/mol. The van der Waals surface area contributed by atoms with Gasteiger partial charge in [-0.25, -0.2) is 0 Å². The lowest BCUT2D eigenvalue weighted by Crippen LogP contribution is -1.98. The Labute approximate surface area is 103 Å². The van der Waals surface area contributed by atoms with Gasteiger partial charge in [0.05, 0.1) is 0 Å². The van der Waals surface area contributed by atoms with E-state index in [4.69, 9.17) is 11.6 Å². The number of nitrogens with zero attached hydrogens (tertiary/aromatic N) is 2. The minimum absolute atomic E-state index is 0.734. The number of hydrogen-bond donors (Lipinski definition) is 1. The standard InChI is InChI=1S/C11H12ClN3S/c1-2-7-13-11-15-14-10(16-11)8-3-5-9(12)6-4-8/h3-6H,2,7H2,1H3,(H,13,15). The van der Waals surface area contributed by atoms with Crippen LogP contribution >= 0.6 is 22.9 Å². The normalized spacial score (nSPS) is 10.4. The van der Waals surface area contributed by atoms with Gasteiger partial charge in [-0.1, -0.05) is 42.0 Å². The van der Waals surface area contributed by atoms with Crippen LogP contribution < -0.4 is 5.32 Å². The Morgan fingerprint density at radius 1 is 1.25 bits per heavy atom. The third-order valence-corrected chi connectivity index (χ3v) is 3.22. The monoisotopic (exact) mass is 253 g/mol. The van der Waals surface area contributed by atoms with E-state index in [0.717, 1.165) is 33.7 Å². The van der Waals surface area contributed by atoms with Gasteiger partial charge in [-0.2, -0.15) is 0 Å². The van der Waals surface area contributed by atoms with Crippen LogP contribution in [0.4, 0.5) is 5.13 Å². The second-order valence-electron chi connectivity index (χ2n) is 3.35. The van der Waals surface area contributed by atoms with Crippen LogP contribution in [0.5, 0.6) is 0 Å². The van der Waals surface area contributed by atoms with Crippen molar-refractivity contribution < 1.29 is 0 Å². The minimum atomic E-state index is 0.734. The van der Waals surface area contributed by atoms with Gasteiger partial charge >= 0.3 is 0 Å². The zero-order valence-corrected chi connectivity index (χ0v) is 10.5. The third-order valence-electron chi connectivity index (χ3n) is 2.04. The zero-order valence-electron chi connectivity index (χ0n) is 8.90. The molecule has 2 aromatic rings. The molecule has 1 N–H and O–H groups in total. The molecule has 2 rings (SSSR count). The number of rotatable bonds is 4. The highest BCUT2D eigenvalue weighted by Gasteiger charge is 2.05. The number of aromatic nitrogens is 2. The molecule has 5 heteroatoms. The zero-order chi connectivity index (χ0) is 11.4. The maximum absolute atomic E-state index is 5.83. The molecular weight excluding hydrogens is 242 g/mol. The van der Waals surface area contributed by atoms with E-state index in [1.54, 1.807) is 11.3 Å². The van der Waals surface area contributed by atoms with Crippen molar-refractivity contribution in [2.45, 2.75) is 13.3 Å². The molecule has 0 amide bonds. The van der Waals surface area contributed by atoms with Gasteiger partial charge in [-0.3, -0.25) is 0 Å². The Hall–Kier alpha value is -1.13. The number of anilines is 1. The second kappa shape index (κ2) is 5.27. The second-order valence-corrected chi connectivity index (χ2v) is 4.76. The van der Waals surface area contributed by atoms with Crippen molar-refractivity contribution in [1.82, 2.24) is 10.2 Å². The van der Waals surface area contributed by atoms with Crippen molar-refractivity contribution >= 4 is 28.1 Å². The molecule has 0 saturated carbocycles. The molecule has 0 saturated heterocycles. The lowest BCUT2D eigenvalue weighted by molar-refractivity contribution is 0.964. The number of halogens is 1. The Morgan fingerprint density at radius 3 is 2.69 bits per heavy atom. The van der Waals surface area contributed by atoms with Crippen molar-refractivity contribution in [2.75, 3.05) is 11.9 Å².